The fourth-order valence-electron chi connectivity index (χ4n) is 2.75. The Morgan fingerprint density at radius 2 is 1.79 bits per heavy atom. The minimum absolute atomic E-state index is 0.0159. The van der Waals surface area contributed by atoms with Crippen LogP contribution in [0.25, 0.3) is 0 Å². The Morgan fingerprint density at radius 1 is 1.04 bits per heavy atom. The zero-order chi connectivity index (χ0) is 16.7. The van der Waals surface area contributed by atoms with Gasteiger partial charge in [-0.25, -0.2) is 0 Å². The van der Waals surface area contributed by atoms with E-state index in [1.807, 2.05) is 0 Å². The number of hydrogen-bond acceptors (Lipinski definition) is 6. The summed E-state index contributed by atoms with van der Waals surface area (Å²) in [5, 5.41) is 7.29. The molecule has 9 heteroatoms. The molecule has 4 rings (SSSR count). The SMILES string of the molecule is O=C(c1cccc2c1Oc1c(c(=O)[nH][nH]c1=O)N2)N1CCOCC1. The van der Waals surface area contributed by atoms with Gasteiger partial charge in [-0.05, 0) is 12.1 Å². The highest BCUT2D eigenvalue weighted by molar-refractivity contribution is 6.00. The van der Waals surface area contributed by atoms with Gasteiger partial charge in [-0.3, -0.25) is 24.6 Å². The quantitative estimate of drug-likeness (QED) is 0.594. The van der Waals surface area contributed by atoms with Crippen LogP contribution in [0.5, 0.6) is 11.5 Å². The number of ether oxygens (including phenoxy) is 2. The van der Waals surface area contributed by atoms with E-state index >= 15 is 0 Å². The number of fused-ring (bicyclic) bond motifs is 2. The number of carbonyl (C=O) groups is 1. The van der Waals surface area contributed by atoms with Crippen LogP contribution < -0.4 is 21.2 Å². The molecule has 1 aromatic carbocycles. The summed E-state index contributed by atoms with van der Waals surface area (Å²) in [6.45, 7) is 1.95. The average Bonchev–Trinajstić information content (AvgIpc) is 2.63. The molecule has 0 spiro atoms. The summed E-state index contributed by atoms with van der Waals surface area (Å²) >= 11 is 0. The molecule has 3 heterocycles. The fourth-order valence-corrected chi connectivity index (χ4v) is 2.75. The number of para-hydroxylation sites is 1. The lowest BCUT2D eigenvalue weighted by atomic mass is 10.1. The summed E-state index contributed by atoms with van der Waals surface area (Å²) in [5.74, 6) is -0.132. The van der Waals surface area contributed by atoms with Crippen molar-refractivity contribution in [3.63, 3.8) is 0 Å². The minimum Gasteiger partial charge on any atom is -0.446 e. The number of carbonyl (C=O) groups excluding carboxylic acids is 1. The van der Waals surface area contributed by atoms with Crippen molar-refractivity contribution in [2.75, 3.05) is 31.6 Å². The lowest BCUT2D eigenvalue weighted by Gasteiger charge is -2.28. The Balaban J connectivity index is 1.77. The van der Waals surface area contributed by atoms with Gasteiger partial charge in [-0.2, -0.15) is 0 Å². The summed E-state index contributed by atoms with van der Waals surface area (Å²) < 4.78 is 10.9. The molecule has 0 saturated carbocycles. The van der Waals surface area contributed by atoms with Gasteiger partial charge in [0, 0.05) is 13.1 Å². The van der Waals surface area contributed by atoms with E-state index in [9.17, 15) is 14.4 Å². The van der Waals surface area contributed by atoms with Gasteiger partial charge in [-0.1, -0.05) is 6.07 Å². The summed E-state index contributed by atoms with van der Waals surface area (Å²) in [6.07, 6.45) is 0. The van der Waals surface area contributed by atoms with Crippen molar-refractivity contribution in [3.8, 4) is 11.5 Å². The topological polar surface area (TPSA) is 117 Å². The van der Waals surface area contributed by atoms with Gasteiger partial charge in [0.1, 0.15) is 0 Å². The van der Waals surface area contributed by atoms with Crippen LogP contribution in [-0.4, -0.2) is 47.3 Å². The molecule has 0 atom stereocenters. The van der Waals surface area contributed by atoms with Gasteiger partial charge >= 0.3 is 5.56 Å². The van der Waals surface area contributed by atoms with Crippen LogP contribution in [0.1, 0.15) is 10.4 Å². The maximum atomic E-state index is 12.7. The van der Waals surface area contributed by atoms with Crippen LogP contribution in [0.3, 0.4) is 0 Å². The molecule has 1 aromatic heterocycles. The molecular weight excluding hydrogens is 316 g/mol. The first-order valence-electron chi connectivity index (χ1n) is 7.45. The van der Waals surface area contributed by atoms with Crippen LogP contribution in [0.2, 0.25) is 0 Å². The Hall–Kier alpha value is -3.07. The van der Waals surface area contributed by atoms with E-state index < -0.39 is 11.1 Å². The van der Waals surface area contributed by atoms with Gasteiger partial charge in [0.25, 0.3) is 11.5 Å². The first-order valence-corrected chi connectivity index (χ1v) is 7.45. The first kappa shape index (κ1) is 14.5. The molecule has 1 fully saturated rings. The van der Waals surface area contributed by atoms with Crippen LogP contribution in [0, 0.1) is 0 Å². The molecule has 2 aliphatic heterocycles. The van der Waals surface area contributed by atoms with Crippen molar-refractivity contribution >= 4 is 17.3 Å². The van der Waals surface area contributed by atoms with Crippen molar-refractivity contribution in [2.45, 2.75) is 0 Å². The summed E-state index contributed by atoms with van der Waals surface area (Å²) in [6, 6.07) is 4.99. The molecule has 0 bridgehead atoms. The zero-order valence-corrected chi connectivity index (χ0v) is 12.5. The molecule has 0 unspecified atom stereocenters. The van der Waals surface area contributed by atoms with Crippen LogP contribution >= 0.6 is 0 Å². The number of aromatic nitrogens is 2. The van der Waals surface area contributed by atoms with Crippen LogP contribution in [0.4, 0.5) is 11.4 Å². The molecule has 9 nitrogen and oxygen atoms in total. The monoisotopic (exact) mass is 330 g/mol. The van der Waals surface area contributed by atoms with Gasteiger partial charge in [0.15, 0.2) is 11.4 Å². The van der Waals surface area contributed by atoms with Crippen LogP contribution in [0.15, 0.2) is 27.8 Å². The minimum atomic E-state index is -0.587. The number of hydrogen-bond donors (Lipinski definition) is 3. The second-order valence-electron chi connectivity index (χ2n) is 5.43. The third-order valence-corrected chi connectivity index (χ3v) is 3.96. The number of aromatic amines is 2. The Kier molecular flexibility index (Phi) is 3.35. The van der Waals surface area contributed by atoms with E-state index in [0.29, 0.717) is 37.6 Å². The summed E-state index contributed by atoms with van der Waals surface area (Å²) in [7, 11) is 0. The number of anilines is 2. The van der Waals surface area contributed by atoms with Crippen molar-refractivity contribution in [1.29, 1.82) is 0 Å². The number of nitrogens with one attached hydrogen (secondary N) is 3. The third kappa shape index (κ3) is 2.26. The molecule has 124 valence electrons. The zero-order valence-electron chi connectivity index (χ0n) is 12.5. The van der Waals surface area contributed by atoms with Gasteiger partial charge in [0.05, 0.1) is 24.5 Å². The lowest BCUT2D eigenvalue weighted by Crippen LogP contribution is -2.41. The van der Waals surface area contributed by atoms with Gasteiger partial charge < -0.3 is 19.7 Å². The predicted octanol–water partition coefficient (Wildman–Crippen LogP) is 0.385. The molecule has 0 radical (unpaired) electrons. The second kappa shape index (κ2) is 5.53. The first-order chi connectivity index (χ1) is 11.6. The molecule has 0 aliphatic carbocycles. The van der Waals surface area contributed by atoms with Crippen molar-refractivity contribution in [2.24, 2.45) is 0 Å². The van der Waals surface area contributed by atoms with E-state index in [-0.39, 0.29) is 23.1 Å². The molecule has 3 N–H and O–H groups in total. The second-order valence-corrected chi connectivity index (χ2v) is 5.43. The van der Waals surface area contributed by atoms with Crippen molar-refractivity contribution in [3.05, 3.63) is 44.5 Å². The number of nitrogens with zero attached hydrogens (tertiary/aromatic N) is 1. The fraction of sp³-hybridized carbons (Fsp3) is 0.267. The molecular formula is C15H14N4O5. The van der Waals surface area contributed by atoms with E-state index in [2.05, 4.69) is 15.5 Å². The Morgan fingerprint density at radius 3 is 2.58 bits per heavy atom. The normalized spacial score (nSPS) is 15.8. The average molecular weight is 330 g/mol. The Labute approximate surface area is 135 Å². The number of benzene rings is 1. The van der Waals surface area contributed by atoms with Crippen LogP contribution in [-0.2, 0) is 4.74 Å². The maximum Gasteiger partial charge on any atom is 0.307 e. The predicted molar refractivity (Wildman–Crippen MR) is 84.2 cm³/mol. The van der Waals surface area contributed by atoms with Gasteiger partial charge in [-0.15, -0.1) is 0 Å². The highest BCUT2D eigenvalue weighted by atomic mass is 16.5. The molecule has 1 amide bonds. The lowest BCUT2D eigenvalue weighted by molar-refractivity contribution is 0.0301. The largest absolute Gasteiger partial charge is 0.446 e. The van der Waals surface area contributed by atoms with E-state index in [1.165, 1.54) is 0 Å². The standard InChI is InChI=1S/C15H14N4O5/c20-13-10-12(14(21)18-17-13)24-11-8(2-1-3-9(11)16-10)15(22)19-4-6-23-7-5-19/h1-3,16H,4-7H2,(H,17,20)(H,18,21). The molecule has 24 heavy (non-hydrogen) atoms. The number of H-pyrrole nitrogens is 2. The van der Waals surface area contributed by atoms with Crippen molar-refractivity contribution in [1.82, 2.24) is 15.1 Å². The van der Waals surface area contributed by atoms with Gasteiger partial charge in [0.2, 0.25) is 5.75 Å². The number of morpholine rings is 1. The Bertz CT molecular complexity index is 926. The summed E-state index contributed by atoms with van der Waals surface area (Å²) in [4.78, 5) is 38.2. The van der Waals surface area contributed by atoms with E-state index in [1.54, 1.807) is 23.1 Å². The molecule has 2 aliphatic rings. The number of amides is 1. The van der Waals surface area contributed by atoms with Crippen molar-refractivity contribution < 1.29 is 14.3 Å². The third-order valence-electron chi connectivity index (χ3n) is 3.96. The molecule has 1 saturated heterocycles. The van der Waals surface area contributed by atoms with E-state index in [4.69, 9.17) is 9.47 Å². The highest BCUT2D eigenvalue weighted by Gasteiger charge is 2.29. The smallest absolute Gasteiger partial charge is 0.307 e. The maximum absolute atomic E-state index is 12.7. The number of rotatable bonds is 1. The highest BCUT2D eigenvalue weighted by Crippen LogP contribution is 2.40. The molecule has 2 aromatic rings. The summed E-state index contributed by atoms with van der Waals surface area (Å²) in [5.41, 5.74) is -0.302. The van der Waals surface area contributed by atoms with E-state index in [0.717, 1.165) is 0 Å².